The molecule has 2 rings (SSSR count). The summed E-state index contributed by atoms with van der Waals surface area (Å²) in [6.45, 7) is 0. The number of halogens is 8. The van der Waals surface area contributed by atoms with Crippen molar-refractivity contribution >= 4 is 0 Å². The summed E-state index contributed by atoms with van der Waals surface area (Å²) in [5.74, 6) is -34.0. The van der Waals surface area contributed by atoms with Crippen molar-refractivity contribution in [3.05, 3.63) is 35.9 Å². The van der Waals surface area contributed by atoms with E-state index in [1.54, 1.807) is 0 Å². The van der Waals surface area contributed by atoms with Crippen LogP contribution in [0.15, 0.2) is 30.3 Å². The molecule has 0 amide bonds. The Morgan fingerprint density at radius 1 is 0.682 bits per heavy atom. The number of rotatable bonds is 1. The van der Waals surface area contributed by atoms with Crippen LogP contribution in [0.2, 0.25) is 0 Å². The first-order valence-corrected chi connectivity index (χ1v) is 5.74. The fourth-order valence-corrected chi connectivity index (χ4v) is 2.32. The molecule has 1 saturated carbocycles. The molecule has 0 saturated heterocycles. The molecule has 1 aromatic carbocycles. The molecule has 0 atom stereocenters. The van der Waals surface area contributed by atoms with E-state index >= 15 is 0 Å². The molecular formula is C12H8F8O2. The molecule has 22 heavy (non-hydrogen) atoms. The zero-order valence-corrected chi connectivity index (χ0v) is 10.4. The SMILES string of the molecule is OC1(O)C(F)(F)C(F)(F)C(c2ccccc2)C(F)(F)C1(F)F. The van der Waals surface area contributed by atoms with Crippen LogP contribution in [0.1, 0.15) is 11.5 Å². The molecule has 2 nitrogen and oxygen atoms in total. The van der Waals surface area contributed by atoms with Gasteiger partial charge in [-0.1, -0.05) is 30.3 Å². The molecule has 1 fully saturated rings. The van der Waals surface area contributed by atoms with Crippen LogP contribution in [0.5, 0.6) is 0 Å². The van der Waals surface area contributed by atoms with E-state index in [2.05, 4.69) is 0 Å². The summed E-state index contributed by atoms with van der Waals surface area (Å²) >= 11 is 0. The minimum absolute atomic E-state index is 0.542. The van der Waals surface area contributed by atoms with Crippen LogP contribution >= 0.6 is 0 Å². The molecule has 10 heteroatoms. The molecule has 0 radical (unpaired) electrons. The first-order valence-electron chi connectivity index (χ1n) is 5.74. The fraction of sp³-hybridized carbons (Fsp3) is 0.500. The zero-order chi connectivity index (χ0) is 17.2. The maximum atomic E-state index is 13.8. The summed E-state index contributed by atoms with van der Waals surface area (Å²) < 4.78 is 109. The van der Waals surface area contributed by atoms with Gasteiger partial charge in [0.05, 0.1) is 0 Å². The standard InChI is InChI=1S/C12H8F8O2/c13-8(14)7(6-4-2-1-3-5-6)9(15,16)11(19,20)12(21,22)10(8,17)18/h1-5,7,21-22H. The molecule has 2 N–H and O–H groups in total. The van der Waals surface area contributed by atoms with Crippen molar-refractivity contribution in [1.29, 1.82) is 0 Å². The summed E-state index contributed by atoms with van der Waals surface area (Å²) in [5.41, 5.74) is -1.19. The first-order chi connectivity index (χ1) is 9.73. The monoisotopic (exact) mass is 336 g/mol. The Morgan fingerprint density at radius 2 is 1.05 bits per heavy atom. The Morgan fingerprint density at radius 3 is 1.41 bits per heavy atom. The molecule has 0 aromatic heterocycles. The molecule has 0 heterocycles. The summed E-state index contributed by atoms with van der Waals surface area (Å²) in [6.07, 6.45) is 0. The van der Waals surface area contributed by atoms with Crippen LogP contribution in [0, 0.1) is 0 Å². The third-order valence-corrected chi connectivity index (χ3v) is 3.57. The molecular weight excluding hydrogens is 328 g/mol. The Hall–Kier alpha value is -1.42. The third kappa shape index (κ3) is 1.67. The van der Waals surface area contributed by atoms with Gasteiger partial charge < -0.3 is 10.2 Å². The second-order valence-corrected chi connectivity index (χ2v) is 4.91. The van der Waals surface area contributed by atoms with Crippen LogP contribution in [-0.2, 0) is 0 Å². The van der Waals surface area contributed by atoms with E-state index in [4.69, 9.17) is 10.2 Å². The van der Waals surface area contributed by atoms with Crippen molar-refractivity contribution in [2.75, 3.05) is 0 Å². The topological polar surface area (TPSA) is 40.5 Å². The summed E-state index contributed by atoms with van der Waals surface area (Å²) in [5, 5.41) is 17.3. The summed E-state index contributed by atoms with van der Waals surface area (Å²) in [4.78, 5) is 0. The molecule has 124 valence electrons. The summed E-state index contributed by atoms with van der Waals surface area (Å²) in [6, 6.07) is 4.08. The lowest BCUT2D eigenvalue weighted by Crippen LogP contribution is -2.79. The maximum absolute atomic E-state index is 13.8. The highest BCUT2D eigenvalue weighted by molar-refractivity contribution is 5.32. The molecule has 0 unspecified atom stereocenters. The minimum atomic E-state index is -6.22. The predicted octanol–water partition coefficient (Wildman–Crippen LogP) is 3.01. The smallest absolute Gasteiger partial charge is 0.356 e. The van der Waals surface area contributed by atoms with Gasteiger partial charge in [-0.2, -0.15) is 35.1 Å². The molecule has 0 bridgehead atoms. The van der Waals surface area contributed by atoms with E-state index < -0.39 is 41.0 Å². The largest absolute Gasteiger partial charge is 0.369 e. The van der Waals surface area contributed by atoms with Gasteiger partial charge in [0.2, 0.25) is 0 Å². The number of aliphatic hydroxyl groups is 2. The number of alkyl halides is 8. The fourth-order valence-electron chi connectivity index (χ4n) is 2.32. The zero-order valence-electron chi connectivity index (χ0n) is 10.4. The second-order valence-electron chi connectivity index (χ2n) is 4.91. The average Bonchev–Trinajstić information content (AvgIpc) is 2.37. The van der Waals surface area contributed by atoms with Crippen molar-refractivity contribution in [2.24, 2.45) is 0 Å². The molecule has 1 aromatic rings. The van der Waals surface area contributed by atoms with Gasteiger partial charge in [-0.25, -0.2) is 0 Å². The van der Waals surface area contributed by atoms with E-state index in [-0.39, 0.29) is 0 Å². The average molecular weight is 336 g/mol. The second kappa shape index (κ2) is 4.31. The quantitative estimate of drug-likeness (QED) is 0.611. The van der Waals surface area contributed by atoms with Gasteiger partial charge in [0, 0.05) is 0 Å². The lowest BCUT2D eigenvalue weighted by Gasteiger charge is -2.51. The summed E-state index contributed by atoms with van der Waals surface area (Å²) in [7, 11) is 0. The van der Waals surface area contributed by atoms with Crippen molar-refractivity contribution in [2.45, 2.75) is 35.4 Å². The Kier molecular flexibility index (Phi) is 3.32. The third-order valence-electron chi connectivity index (χ3n) is 3.57. The molecule has 1 aliphatic rings. The molecule has 0 spiro atoms. The highest BCUT2D eigenvalue weighted by atomic mass is 19.3. The van der Waals surface area contributed by atoms with Crippen molar-refractivity contribution in [3.8, 4) is 0 Å². The minimum Gasteiger partial charge on any atom is -0.356 e. The van der Waals surface area contributed by atoms with E-state index in [0.29, 0.717) is 12.1 Å². The van der Waals surface area contributed by atoms with E-state index in [9.17, 15) is 35.1 Å². The lowest BCUT2D eigenvalue weighted by atomic mass is 9.70. The highest BCUT2D eigenvalue weighted by Gasteiger charge is 2.93. The Labute approximate surface area is 118 Å². The van der Waals surface area contributed by atoms with Crippen LogP contribution in [0.4, 0.5) is 35.1 Å². The Bertz CT molecular complexity index is 540. The van der Waals surface area contributed by atoms with Gasteiger partial charge >= 0.3 is 29.5 Å². The Balaban J connectivity index is 2.78. The van der Waals surface area contributed by atoms with Gasteiger partial charge in [-0.15, -0.1) is 0 Å². The number of hydrogen-bond acceptors (Lipinski definition) is 2. The normalized spacial score (nSPS) is 28.3. The van der Waals surface area contributed by atoms with Crippen molar-refractivity contribution < 1.29 is 45.3 Å². The van der Waals surface area contributed by atoms with E-state index in [1.807, 2.05) is 0 Å². The maximum Gasteiger partial charge on any atom is 0.369 e. The van der Waals surface area contributed by atoms with Crippen LogP contribution < -0.4 is 0 Å². The van der Waals surface area contributed by atoms with Crippen LogP contribution in [0.25, 0.3) is 0 Å². The van der Waals surface area contributed by atoms with Gasteiger partial charge in [0.15, 0.2) is 0 Å². The predicted molar refractivity (Wildman–Crippen MR) is 56.1 cm³/mol. The van der Waals surface area contributed by atoms with Crippen molar-refractivity contribution in [1.82, 2.24) is 0 Å². The van der Waals surface area contributed by atoms with Crippen molar-refractivity contribution in [3.63, 3.8) is 0 Å². The van der Waals surface area contributed by atoms with Gasteiger partial charge in [0.25, 0.3) is 0 Å². The number of hydrogen-bond donors (Lipinski definition) is 2. The van der Waals surface area contributed by atoms with Gasteiger partial charge in [-0.05, 0) is 5.56 Å². The van der Waals surface area contributed by atoms with Gasteiger partial charge in [-0.3, -0.25) is 0 Å². The highest BCUT2D eigenvalue weighted by Crippen LogP contribution is 2.66. The molecule has 0 aliphatic heterocycles. The first kappa shape index (κ1) is 16.9. The number of benzene rings is 1. The van der Waals surface area contributed by atoms with Crippen LogP contribution in [-0.4, -0.2) is 39.7 Å². The molecule has 1 aliphatic carbocycles. The van der Waals surface area contributed by atoms with Gasteiger partial charge in [0.1, 0.15) is 5.92 Å². The van der Waals surface area contributed by atoms with E-state index in [1.165, 1.54) is 6.07 Å². The van der Waals surface area contributed by atoms with Crippen LogP contribution in [0.3, 0.4) is 0 Å². The van der Waals surface area contributed by atoms with E-state index in [0.717, 1.165) is 12.1 Å². The lowest BCUT2D eigenvalue weighted by molar-refractivity contribution is -0.490.